The number of hydrogen-bond acceptors (Lipinski definition) is 3. The van der Waals surface area contributed by atoms with Crippen LogP contribution in [0.4, 0.5) is 8.78 Å². The summed E-state index contributed by atoms with van der Waals surface area (Å²) >= 11 is 0. The average Bonchev–Trinajstić information content (AvgIpc) is 2.74. The van der Waals surface area contributed by atoms with Crippen LogP contribution in [0.25, 0.3) is 0 Å². The lowest BCUT2D eigenvalue weighted by molar-refractivity contribution is -0.182. The van der Waals surface area contributed by atoms with Crippen molar-refractivity contribution in [3.63, 3.8) is 0 Å². The minimum absolute atomic E-state index is 0.00528. The van der Waals surface area contributed by atoms with E-state index in [1.807, 2.05) is 6.92 Å². The van der Waals surface area contributed by atoms with Crippen molar-refractivity contribution in [3.8, 4) is 0 Å². The number of rotatable bonds is 5. The molecule has 0 aromatic carbocycles. The van der Waals surface area contributed by atoms with E-state index in [1.165, 1.54) is 0 Å². The quantitative estimate of drug-likeness (QED) is 0.904. The normalized spacial score (nSPS) is 26.2. The molecular formula is C16H25F2N3O2. The Hall–Kier alpha value is -1.50. The van der Waals surface area contributed by atoms with Crippen molar-refractivity contribution in [1.82, 2.24) is 15.1 Å². The highest BCUT2D eigenvalue weighted by Gasteiger charge is 2.58. The maximum atomic E-state index is 12.8. The molecule has 1 aliphatic carbocycles. The Bertz CT molecular complexity index is 613. The van der Waals surface area contributed by atoms with Gasteiger partial charge >= 0.3 is 6.55 Å². The Morgan fingerprint density at radius 3 is 2.48 bits per heavy atom. The number of carbonyl (C=O) groups is 1. The van der Waals surface area contributed by atoms with E-state index in [2.05, 4.69) is 24.3 Å². The van der Waals surface area contributed by atoms with E-state index in [4.69, 9.17) is 4.74 Å². The van der Waals surface area contributed by atoms with Crippen LogP contribution in [0.3, 0.4) is 0 Å². The van der Waals surface area contributed by atoms with Crippen molar-refractivity contribution >= 4 is 5.91 Å². The Kier molecular flexibility index (Phi) is 4.54. The van der Waals surface area contributed by atoms with Crippen LogP contribution in [-0.2, 0) is 16.0 Å². The van der Waals surface area contributed by atoms with Crippen LogP contribution < -0.4 is 5.32 Å². The lowest BCUT2D eigenvalue weighted by atomic mass is 9.56. The molecule has 1 amide bonds. The van der Waals surface area contributed by atoms with E-state index in [9.17, 15) is 13.6 Å². The highest BCUT2D eigenvalue weighted by Crippen LogP contribution is 2.51. The molecule has 1 fully saturated rings. The highest BCUT2D eigenvalue weighted by molar-refractivity contribution is 5.79. The molecule has 1 aromatic rings. The van der Waals surface area contributed by atoms with Gasteiger partial charge in [-0.15, -0.1) is 0 Å². The van der Waals surface area contributed by atoms with Gasteiger partial charge < -0.3 is 10.1 Å². The molecule has 0 spiro atoms. The first-order chi connectivity index (χ1) is 10.5. The molecule has 0 unspecified atom stereocenters. The minimum atomic E-state index is -2.70. The Balaban J connectivity index is 2.05. The van der Waals surface area contributed by atoms with E-state index in [-0.39, 0.29) is 29.4 Å². The van der Waals surface area contributed by atoms with Crippen molar-refractivity contribution in [2.45, 2.75) is 65.7 Å². The van der Waals surface area contributed by atoms with Gasteiger partial charge in [-0.05, 0) is 27.2 Å². The zero-order valence-electron chi connectivity index (χ0n) is 14.5. The third-order valence-corrected chi connectivity index (χ3v) is 5.61. The number of amides is 1. The van der Waals surface area contributed by atoms with Gasteiger partial charge in [0.15, 0.2) is 0 Å². The Labute approximate surface area is 135 Å². The van der Waals surface area contributed by atoms with Gasteiger partial charge in [0.2, 0.25) is 5.91 Å². The van der Waals surface area contributed by atoms with E-state index in [0.29, 0.717) is 21.6 Å². The third-order valence-electron chi connectivity index (χ3n) is 5.61. The average molecular weight is 329 g/mol. The summed E-state index contributed by atoms with van der Waals surface area (Å²) in [6, 6.07) is 0.00528. The monoisotopic (exact) mass is 329 g/mol. The fourth-order valence-electron chi connectivity index (χ4n) is 3.27. The number of carbonyl (C=O) groups excluding carboxylic acids is 1. The third kappa shape index (κ3) is 2.86. The van der Waals surface area contributed by atoms with Gasteiger partial charge in [0.1, 0.15) is 0 Å². The second-order valence-corrected chi connectivity index (χ2v) is 7.03. The molecule has 0 bridgehead atoms. The summed E-state index contributed by atoms with van der Waals surface area (Å²) in [5, 5.41) is 6.80. The number of nitrogens with zero attached hydrogens (tertiary/aromatic N) is 2. The molecule has 1 heterocycles. The van der Waals surface area contributed by atoms with Gasteiger partial charge in [0, 0.05) is 29.8 Å². The van der Waals surface area contributed by atoms with Crippen molar-refractivity contribution in [2.24, 2.45) is 5.41 Å². The molecular weight excluding hydrogens is 304 g/mol. The number of alkyl halides is 2. The zero-order valence-corrected chi connectivity index (χ0v) is 14.5. The number of aryl methyl sites for hydroxylation is 1. The number of methoxy groups -OCH3 is 1. The van der Waals surface area contributed by atoms with E-state index in [1.54, 1.807) is 21.0 Å². The van der Waals surface area contributed by atoms with Gasteiger partial charge in [-0.1, -0.05) is 13.8 Å². The van der Waals surface area contributed by atoms with Gasteiger partial charge in [-0.3, -0.25) is 4.79 Å². The molecule has 0 saturated heterocycles. The van der Waals surface area contributed by atoms with Gasteiger partial charge in [-0.2, -0.15) is 13.9 Å². The van der Waals surface area contributed by atoms with Crippen molar-refractivity contribution in [1.29, 1.82) is 0 Å². The largest absolute Gasteiger partial charge is 0.378 e. The molecule has 2 rings (SSSR count). The lowest BCUT2D eigenvalue weighted by Gasteiger charge is -2.59. The zero-order chi connectivity index (χ0) is 17.6. The number of nitrogens with one attached hydrogen (secondary N) is 1. The van der Waals surface area contributed by atoms with Crippen LogP contribution in [-0.4, -0.2) is 34.4 Å². The molecule has 5 nitrogen and oxygen atoms in total. The first-order valence-corrected chi connectivity index (χ1v) is 7.70. The maximum absolute atomic E-state index is 12.8. The van der Waals surface area contributed by atoms with Crippen molar-refractivity contribution in [2.75, 3.05) is 7.11 Å². The minimum Gasteiger partial charge on any atom is -0.378 e. The maximum Gasteiger partial charge on any atom is 0.333 e. The summed E-state index contributed by atoms with van der Waals surface area (Å²) in [5.41, 5.74) is 0.913. The van der Waals surface area contributed by atoms with Crippen LogP contribution in [0.5, 0.6) is 0 Å². The van der Waals surface area contributed by atoms with Crippen LogP contribution >= 0.6 is 0 Å². The molecule has 0 radical (unpaired) electrons. The fraction of sp³-hybridized carbons (Fsp3) is 0.750. The fourth-order valence-corrected chi connectivity index (χ4v) is 3.27. The van der Waals surface area contributed by atoms with Crippen LogP contribution in [0, 0.1) is 19.3 Å². The molecule has 2 atom stereocenters. The molecule has 1 aromatic heterocycles. The van der Waals surface area contributed by atoms with Crippen LogP contribution in [0.2, 0.25) is 0 Å². The SMILES string of the molecule is CO[C@]1(C)C[C@H](NC(=O)Cc2c(C)nn(C(F)F)c2C)C1(C)C. The summed E-state index contributed by atoms with van der Waals surface area (Å²) in [6.45, 7) is 6.63. The molecule has 7 heteroatoms. The number of ether oxygens (including phenoxy) is 1. The van der Waals surface area contributed by atoms with E-state index in [0.717, 1.165) is 6.42 Å². The molecule has 23 heavy (non-hydrogen) atoms. The Morgan fingerprint density at radius 2 is 2.04 bits per heavy atom. The summed E-state index contributed by atoms with van der Waals surface area (Å²) in [5.74, 6) is -0.179. The lowest BCUT2D eigenvalue weighted by Crippen LogP contribution is -2.68. The summed E-state index contributed by atoms with van der Waals surface area (Å²) in [7, 11) is 1.67. The van der Waals surface area contributed by atoms with E-state index >= 15 is 0 Å². The summed E-state index contributed by atoms with van der Waals surface area (Å²) < 4.78 is 31.9. The number of hydrogen-bond donors (Lipinski definition) is 1. The van der Waals surface area contributed by atoms with E-state index < -0.39 is 6.55 Å². The smallest absolute Gasteiger partial charge is 0.333 e. The second kappa shape index (κ2) is 5.85. The summed E-state index contributed by atoms with van der Waals surface area (Å²) in [4.78, 5) is 12.3. The standard InChI is InChI=1S/C16H25F2N3O2/c1-9-11(10(2)21(20-9)14(17)18)7-13(22)19-12-8-16(5,23-6)15(12,3)4/h12,14H,7-8H2,1-6H3,(H,19,22)/t12-,16+/m0/s1. The predicted molar refractivity (Wildman–Crippen MR) is 82.4 cm³/mol. The van der Waals surface area contributed by atoms with Gasteiger partial charge in [-0.25, -0.2) is 4.68 Å². The highest BCUT2D eigenvalue weighted by atomic mass is 19.3. The van der Waals surface area contributed by atoms with Crippen LogP contribution in [0.15, 0.2) is 0 Å². The van der Waals surface area contributed by atoms with Crippen molar-refractivity contribution < 1.29 is 18.3 Å². The second-order valence-electron chi connectivity index (χ2n) is 7.03. The Morgan fingerprint density at radius 1 is 1.43 bits per heavy atom. The molecule has 130 valence electrons. The predicted octanol–water partition coefficient (Wildman–Crippen LogP) is 2.76. The van der Waals surface area contributed by atoms with Gasteiger partial charge in [0.25, 0.3) is 0 Å². The number of halogens is 2. The first-order valence-electron chi connectivity index (χ1n) is 7.70. The molecule has 1 aliphatic rings. The van der Waals surface area contributed by atoms with Gasteiger partial charge in [0.05, 0.1) is 17.7 Å². The topological polar surface area (TPSA) is 56.1 Å². The van der Waals surface area contributed by atoms with Crippen LogP contribution in [0.1, 0.15) is 50.7 Å². The first kappa shape index (κ1) is 17.8. The molecule has 1 N–H and O–H groups in total. The summed E-state index contributed by atoms with van der Waals surface area (Å²) in [6.07, 6.45) is 0.789. The van der Waals surface area contributed by atoms with Crippen molar-refractivity contribution in [3.05, 3.63) is 17.0 Å². The molecule has 0 aliphatic heterocycles. The number of aromatic nitrogens is 2. The molecule has 1 saturated carbocycles.